The summed E-state index contributed by atoms with van der Waals surface area (Å²) in [5, 5.41) is 107. The zero-order chi connectivity index (χ0) is 26.2. The Morgan fingerprint density at radius 2 is 1.17 bits per heavy atom. The summed E-state index contributed by atoms with van der Waals surface area (Å²) in [4.78, 5) is 0. The van der Waals surface area contributed by atoms with E-state index in [2.05, 4.69) is 0 Å². The predicted octanol–water partition coefficient (Wildman–Crippen LogP) is -7.01. The number of ether oxygens (including phenoxy) is 5. The summed E-state index contributed by atoms with van der Waals surface area (Å²) in [5.41, 5.74) is 0. The van der Waals surface area contributed by atoms with E-state index in [0.717, 1.165) is 0 Å². The molecular weight excluding hydrogens is 508 g/mol. The third kappa shape index (κ3) is 5.59. The number of hydrogen-bond acceptors (Lipinski definition) is 16. The first-order valence-electron chi connectivity index (χ1n) is 10.7. The van der Waals surface area contributed by atoms with Gasteiger partial charge in [0.1, 0.15) is 67.1 Å². The smallest absolute Gasteiger partial charge is 0.279 e. The Kier molecular flexibility index (Phi) is 9.67. The lowest BCUT2D eigenvalue weighted by Crippen LogP contribution is -2.68. The number of rotatable bonds is 7. The van der Waals surface area contributed by atoms with Crippen LogP contribution in [0.1, 0.15) is 0 Å². The van der Waals surface area contributed by atoms with Crippen LogP contribution in [0.25, 0.3) is 0 Å². The molecule has 3 rings (SSSR count). The first-order valence-corrected chi connectivity index (χ1v) is 11.1. The van der Waals surface area contributed by atoms with E-state index in [4.69, 9.17) is 35.3 Å². The van der Waals surface area contributed by atoms with Crippen molar-refractivity contribution in [2.24, 2.45) is 0 Å². The van der Waals surface area contributed by atoms with Crippen molar-refractivity contribution in [2.75, 3.05) is 19.8 Å². The summed E-state index contributed by atoms with van der Waals surface area (Å²) < 4.78 is 26.3. The Bertz CT molecular complexity index is 685. The van der Waals surface area contributed by atoms with Gasteiger partial charge in [-0.25, -0.2) is 0 Å². The minimum atomic E-state index is -2.67. The Morgan fingerprint density at radius 1 is 0.629 bits per heavy atom. The molecule has 3 fully saturated rings. The number of halogens is 1. The fourth-order valence-corrected chi connectivity index (χ4v) is 4.43. The second-order valence-corrected chi connectivity index (χ2v) is 8.99. The molecule has 35 heavy (non-hydrogen) atoms. The lowest BCUT2D eigenvalue weighted by Gasteiger charge is -2.49. The lowest BCUT2D eigenvalue weighted by molar-refractivity contribution is -0.387. The average molecular weight is 539 g/mol. The molecule has 0 spiro atoms. The molecule has 3 aliphatic heterocycles. The molecule has 3 saturated heterocycles. The summed E-state index contributed by atoms with van der Waals surface area (Å²) in [6, 6.07) is 0. The van der Waals surface area contributed by atoms with Crippen LogP contribution < -0.4 is 0 Å². The molecule has 2 unspecified atom stereocenters. The zero-order valence-electron chi connectivity index (χ0n) is 18.0. The molecule has 0 radical (unpaired) electrons. The monoisotopic (exact) mass is 538 g/mol. The van der Waals surface area contributed by atoms with E-state index in [1.807, 2.05) is 0 Å². The van der Waals surface area contributed by atoms with Crippen molar-refractivity contribution in [1.82, 2.24) is 0 Å². The van der Waals surface area contributed by atoms with E-state index < -0.39 is 111 Å². The molecule has 16 nitrogen and oxygen atoms in total. The van der Waals surface area contributed by atoms with E-state index in [1.165, 1.54) is 0 Å². The van der Waals surface area contributed by atoms with Crippen molar-refractivity contribution in [3.05, 3.63) is 0 Å². The van der Waals surface area contributed by atoms with Crippen LogP contribution in [0, 0.1) is 0 Å². The normalized spacial score (nSPS) is 53.5. The highest BCUT2D eigenvalue weighted by atomic mass is 35.5. The quantitative estimate of drug-likeness (QED) is 0.134. The third-order valence-electron chi connectivity index (χ3n) is 6.15. The highest BCUT2D eigenvalue weighted by molar-refractivity contribution is 6.22. The summed E-state index contributed by atoms with van der Waals surface area (Å²) >= 11 is 6.14. The Morgan fingerprint density at radius 3 is 1.74 bits per heavy atom. The van der Waals surface area contributed by atoms with Crippen LogP contribution >= 0.6 is 11.6 Å². The van der Waals surface area contributed by atoms with Crippen LogP contribution in [0.2, 0.25) is 0 Å². The largest absolute Gasteiger partial charge is 0.394 e. The summed E-state index contributed by atoms with van der Waals surface area (Å²) in [6.07, 6.45) is -24.8. The molecule has 0 amide bonds. The van der Waals surface area contributed by atoms with Gasteiger partial charge in [0.05, 0.1) is 19.8 Å². The number of aliphatic hydroxyl groups excluding tert-OH is 11. The van der Waals surface area contributed by atoms with Crippen molar-refractivity contribution < 1.29 is 79.9 Å². The van der Waals surface area contributed by atoms with E-state index in [-0.39, 0.29) is 0 Å². The summed E-state index contributed by atoms with van der Waals surface area (Å²) in [5.74, 6) is 0. The van der Waals surface area contributed by atoms with Crippen LogP contribution in [0.5, 0.6) is 0 Å². The first kappa shape index (κ1) is 29.2. The van der Waals surface area contributed by atoms with Crippen molar-refractivity contribution in [2.45, 2.75) is 91.1 Å². The van der Waals surface area contributed by atoms with Crippen molar-refractivity contribution in [1.29, 1.82) is 0 Å². The predicted molar refractivity (Wildman–Crippen MR) is 106 cm³/mol. The van der Waals surface area contributed by atoms with Gasteiger partial charge in [0.15, 0.2) is 18.7 Å². The van der Waals surface area contributed by atoms with Gasteiger partial charge in [-0.3, -0.25) is 0 Å². The molecule has 11 N–H and O–H groups in total. The van der Waals surface area contributed by atoms with E-state index in [0.29, 0.717) is 0 Å². The molecule has 0 aromatic rings. The maximum absolute atomic E-state index is 10.7. The van der Waals surface area contributed by atoms with E-state index in [1.54, 1.807) is 0 Å². The Hall–Kier alpha value is -0.350. The van der Waals surface area contributed by atoms with E-state index >= 15 is 0 Å². The van der Waals surface area contributed by atoms with Crippen molar-refractivity contribution >= 4 is 11.6 Å². The topological polar surface area (TPSA) is 269 Å². The summed E-state index contributed by atoms with van der Waals surface area (Å²) in [7, 11) is 0. The Labute approximate surface area is 203 Å². The minimum Gasteiger partial charge on any atom is -0.394 e. The molecule has 0 aromatic carbocycles. The SMILES string of the molecule is OC[C@H]1OC(Cl)(O[C@H]2[C@H](O)[C@@H](O)C(O[C@H]3[C@H](O)[C@@H](O)[C@@H](O)O[C@@H]3CO)O[C@@H]2CO)[C@H](O)[C@@H](O)[C@@H]1O. The number of alkyl halides is 1. The second-order valence-electron chi connectivity index (χ2n) is 8.47. The van der Waals surface area contributed by atoms with Gasteiger partial charge < -0.3 is 79.9 Å². The molecule has 3 aliphatic rings. The van der Waals surface area contributed by atoms with Gasteiger partial charge in [-0.1, -0.05) is 11.6 Å². The molecule has 0 bridgehead atoms. The zero-order valence-corrected chi connectivity index (χ0v) is 18.8. The van der Waals surface area contributed by atoms with Gasteiger partial charge in [0.25, 0.3) is 5.25 Å². The maximum atomic E-state index is 10.7. The van der Waals surface area contributed by atoms with Crippen LogP contribution in [-0.2, 0) is 23.7 Å². The molecule has 15 atom stereocenters. The van der Waals surface area contributed by atoms with Gasteiger partial charge in [0, 0.05) is 0 Å². The highest BCUT2D eigenvalue weighted by Gasteiger charge is 2.58. The van der Waals surface area contributed by atoms with Gasteiger partial charge in [-0.05, 0) is 0 Å². The van der Waals surface area contributed by atoms with Crippen molar-refractivity contribution in [3.8, 4) is 0 Å². The van der Waals surface area contributed by atoms with Crippen LogP contribution in [0.4, 0.5) is 0 Å². The Balaban J connectivity index is 1.76. The van der Waals surface area contributed by atoms with Crippen LogP contribution in [0.15, 0.2) is 0 Å². The number of hydrogen-bond donors (Lipinski definition) is 11. The highest BCUT2D eigenvalue weighted by Crippen LogP contribution is 2.39. The maximum Gasteiger partial charge on any atom is 0.279 e. The fraction of sp³-hybridized carbons (Fsp3) is 1.00. The minimum absolute atomic E-state index is 0.782. The molecule has 3 heterocycles. The van der Waals surface area contributed by atoms with Crippen molar-refractivity contribution in [3.63, 3.8) is 0 Å². The van der Waals surface area contributed by atoms with E-state index in [9.17, 15) is 56.2 Å². The van der Waals surface area contributed by atoms with Gasteiger partial charge >= 0.3 is 0 Å². The molecular formula is C18H31ClO16. The van der Waals surface area contributed by atoms with Gasteiger partial charge in [-0.2, -0.15) is 0 Å². The van der Waals surface area contributed by atoms with Gasteiger partial charge in [-0.15, -0.1) is 0 Å². The standard InChI is InChI=1S/C18H31ClO16/c19-18(15(29)10(26)7(23)4(1-20)34-18)35-14-6(3-22)32-17(12(28)9(14)25)33-13-5(2-21)31-16(30)11(27)8(13)24/h4-17,20-30H,1-3H2/t4-,5-,6-,7-,8-,9-,10+,11-,12-,13-,14-,15-,16+,17?,18?/m1/s1. The molecule has 0 aliphatic carbocycles. The molecule has 206 valence electrons. The van der Waals surface area contributed by atoms with Gasteiger partial charge in [0.2, 0.25) is 0 Å². The number of aliphatic hydroxyl groups is 11. The first-order chi connectivity index (χ1) is 16.4. The third-order valence-corrected chi connectivity index (χ3v) is 6.55. The molecule has 0 saturated carbocycles. The van der Waals surface area contributed by atoms with Crippen LogP contribution in [-0.4, -0.2) is 167 Å². The fourth-order valence-electron chi connectivity index (χ4n) is 4.09. The average Bonchev–Trinajstić information content (AvgIpc) is 2.84. The van der Waals surface area contributed by atoms with Crippen LogP contribution in [0.3, 0.4) is 0 Å². The summed E-state index contributed by atoms with van der Waals surface area (Å²) in [6.45, 7) is -2.51. The second kappa shape index (κ2) is 11.6. The molecule has 17 heteroatoms. The molecule has 0 aromatic heterocycles. The lowest BCUT2D eigenvalue weighted by atomic mass is 9.96.